The maximum atomic E-state index is 13.9. The normalized spacial score (nSPS) is 22.1. The molecule has 0 aromatic heterocycles. The van der Waals surface area contributed by atoms with Crippen molar-refractivity contribution in [3.8, 4) is 0 Å². The van der Waals surface area contributed by atoms with Crippen molar-refractivity contribution in [2.75, 3.05) is 26.2 Å². The summed E-state index contributed by atoms with van der Waals surface area (Å²) < 4.78 is 45.9. The van der Waals surface area contributed by atoms with E-state index in [1.54, 1.807) is 0 Å². The number of amides is 1. The molecular weight excluding hydrogens is 395 g/mol. The molecule has 2 aliphatic rings. The first-order chi connectivity index (χ1) is 12.9. The molecule has 1 atom stereocenters. The van der Waals surface area contributed by atoms with E-state index in [-0.39, 0.29) is 41.6 Å². The van der Waals surface area contributed by atoms with Crippen molar-refractivity contribution in [1.29, 1.82) is 0 Å². The van der Waals surface area contributed by atoms with Crippen LogP contribution in [-0.2, 0) is 25.3 Å². The number of hydrogen-bond acceptors (Lipinski definition) is 4. The Labute approximate surface area is 164 Å². The highest BCUT2D eigenvalue weighted by Gasteiger charge is 2.32. The summed E-state index contributed by atoms with van der Waals surface area (Å²) >= 11 is 5.94. The zero-order valence-corrected chi connectivity index (χ0v) is 16.6. The van der Waals surface area contributed by atoms with Crippen molar-refractivity contribution in [2.24, 2.45) is 5.92 Å². The zero-order chi connectivity index (χ0) is 19.4. The zero-order valence-electron chi connectivity index (χ0n) is 15.0. The number of nitrogens with one attached hydrogen (secondary N) is 1. The molecule has 27 heavy (non-hydrogen) atoms. The van der Waals surface area contributed by atoms with Crippen LogP contribution in [0.5, 0.6) is 0 Å². The van der Waals surface area contributed by atoms with Crippen LogP contribution in [0.15, 0.2) is 18.2 Å². The van der Waals surface area contributed by atoms with Gasteiger partial charge in [0.2, 0.25) is 15.9 Å². The summed E-state index contributed by atoms with van der Waals surface area (Å²) in [6.07, 6.45) is 2.95. The lowest BCUT2D eigenvalue weighted by molar-refractivity contribution is -0.126. The molecule has 2 saturated heterocycles. The van der Waals surface area contributed by atoms with Gasteiger partial charge < -0.3 is 10.1 Å². The van der Waals surface area contributed by atoms with Gasteiger partial charge in [-0.2, -0.15) is 0 Å². The number of piperidine rings is 1. The van der Waals surface area contributed by atoms with Crippen LogP contribution in [0.2, 0.25) is 5.02 Å². The molecule has 0 aliphatic carbocycles. The Morgan fingerprint density at radius 2 is 2.04 bits per heavy atom. The molecule has 150 valence electrons. The first kappa shape index (κ1) is 20.5. The SMILES string of the molecule is O=C(NC[C@@H]1CCCO1)C1CCN(S(=O)(=O)Cc2c(F)cccc2Cl)CC1. The number of halogens is 2. The maximum absolute atomic E-state index is 13.9. The molecule has 1 aromatic carbocycles. The number of nitrogens with zero attached hydrogens (tertiary/aromatic N) is 1. The molecule has 0 radical (unpaired) electrons. The molecule has 2 heterocycles. The van der Waals surface area contributed by atoms with Gasteiger partial charge in [-0.1, -0.05) is 17.7 Å². The van der Waals surface area contributed by atoms with Gasteiger partial charge in [-0.05, 0) is 37.8 Å². The van der Waals surface area contributed by atoms with E-state index >= 15 is 0 Å². The van der Waals surface area contributed by atoms with Crippen LogP contribution in [0, 0.1) is 11.7 Å². The molecule has 0 spiro atoms. The fourth-order valence-electron chi connectivity index (χ4n) is 3.50. The van der Waals surface area contributed by atoms with Crippen molar-refractivity contribution in [3.05, 3.63) is 34.6 Å². The molecule has 9 heteroatoms. The summed E-state index contributed by atoms with van der Waals surface area (Å²) in [6, 6.07) is 4.11. The number of carbonyl (C=O) groups is 1. The van der Waals surface area contributed by atoms with Gasteiger partial charge in [0.25, 0.3) is 0 Å². The standard InChI is InChI=1S/C18H24ClFN2O4S/c19-16-4-1-5-17(20)15(16)12-27(24,25)22-8-6-13(7-9-22)18(23)21-11-14-3-2-10-26-14/h1,4-5,13-14H,2-3,6-12H2,(H,21,23)/t14-/m0/s1. The number of rotatable bonds is 6. The Kier molecular flexibility index (Phi) is 6.73. The van der Waals surface area contributed by atoms with E-state index in [0.717, 1.165) is 19.4 Å². The second-order valence-corrected chi connectivity index (χ2v) is 9.39. The lowest BCUT2D eigenvalue weighted by Crippen LogP contribution is -2.44. The molecule has 1 amide bonds. The van der Waals surface area contributed by atoms with Crippen LogP contribution in [0.1, 0.15) is 31.2 Å². The summed E-state index contributed by atoms with van der Waals surface area (Å²) in [7, 11) is -3.70. The van der Waals surface area contributed by atoms with E-state index in [1.165, 1.54) is 22.5 Å². The molecule has 0 saturated carbocycles. The Morgan fingerprint density at radius 1 is 1.30 bits per heavy atom. The highest BCUT2D eigenvalue weighted by molar-refractivity contribution is 7.88. The summed E-state index contributed by atoms with van der Waals surface area (Å²) in [5.41, 5.74) is -0.0180. The third-order valence-corrected chi connectivity index (χ3v) is 7.29. The van der Waals surface area contributed by atoms with Gasteiger partial charge >= 0.3 is 0 Å². The summed E-state index contributed by atoms with van der Waals surface area (Å²) in [5.74, 6) is -1.38. The van der Waals surface area contributed by atoms with Crippen LogP contribution in [0.3, 0.4) is 0 Å². The monoisotopic (exact) mass is 418 g/mol. The van der Waals surface area contributed by atoms with E-state index in [0.29, 0.717) is 19.4 Å². The lowest BCUT2D eigenvalue weighted by atomic mass is 9.97. The van der Waals surface area contributed by atoms with E-state index in [2.05, 4.69) is 5.32 Å². The van der Waals surface area contributed by atoms with Gasteiger partial charge in [0, 0.05) is 42.7 Å². The predicted molar refractivity (Wildman–Crippen MR) is 100 cm³/mol. The van der Waals surface area contributed by atoms with Gasteiger partial charge in [0.05, 0.1) is 11.9 Å². The first-order valence-electron chi connectivity index (χ1n) is 9.17. The van der Waals surface area contributed by atoms with Gasteiger partial charge in [-0.3, -0.25) is 4.79 Å². The Bertz CT molecular complexity index is 755. The van der Waals surface area contributed by atoms with Crippen LogP contribution in [-0.4, -0.2) is 51.0 Å². The maximum Gasteiger partial charge on any atom is 0.223 e. The van der Waals surface area contributed by atoms with Gasteiger partial charge in [0.15, 0.2) is 0 Å². The van der Waals surface area contributed by atoms with Crippen LogP contribution < -0.4 is 5.32 Å². The van der Waals surface area contributed by atoms with Gasteiger partial charge in [-0.15, -0.1) is 0 Å². The van der Waals surface area contributed by atoms with E-state index < -0.39 is 21.6 Å². The molecule has 0 bridgehead atoms. The third-order valence-electron chi connectivity index (χ3n) is 5.13. The van der Waals surface area contributed by atoms with Crippen molar-refractivity contribution < 1.29 is 22.3 Å². The van der Waals surface area contributed by atoms with Crippen LogP contribution in [0.4, 0.5) is 4.39 Å². The quantitative estimate of drug-likeness (QED) is 0.769. The topological polar surface area (TPSA) is 75.7 Å². The number of benzene rings is 1. The van der Waals surface area contributed by atoms with E-state index in [9.17, 15) is 17.6 Å². The second kappa shape index (κ2) is 8.86. The number of ether oxygens (including phenoxy) is 1. The molecule has 1 N–H and O–H groups in total. The number of hydrogen-bond donors (Lipinski definition) is 1. The van der Waals surface area contributed by atoms with Gasteiger partial charge in [-0.25, -0.2) is 17.1 Å². The molecule has 6 nitrogen and oxygen atoms in total. The molecule has 3 rings (SSSR count). The number of sulfonamides is 1. The molecule has 2 fully saturated rings. The fourth-order valence-corrected chi connectivity index (χ4v) is 5.42. The molecule has 0 unspecified atom stereocenters. The van der Waals surface area contributed by atoms with Crippen molar-refractivity contribution in [3.63, 3.8) is 0 Å². The smallest absolute Gasteiger partial charge is 0.223 e. The van der Waals surface area contributed by atoms with Crippen LogP contribution in [0.25, 0.3) is 0 Å². The largest absolute Gasteiger partial charge is 0.376 e. The minimum atomic E-state index is -3.70. The van der Waals surface area contributed by atoms with Crippen molar-refractivity contribution in [1.82, 2.24) is 9.62 Å². The highest BCUT2D eigenvalue weighted by atomic mass is 35.5. The first-order valence-corrected chi connectivity index (χ1v) is 11.2. The third kappa shape index (κ3) is 5.19. The summed E-state index contributed by atoms with van der Waals surface area (Å²) in [5, 5.41) is 3.00. The second-order valence-electron chi connectivity index (χ2n) is 7.01. The summed E-state index contributed by atoms with van der Waals surface area (Å²) in [6.45, 7) is 1.73. The number of carbonyl (C=O) groups excluding carboxylic acids is 1. The Balaban J connectivity index is 1.52. The molecule has 2 aliphatic heterocycles. The fraction of sp³-hybridized carbons (Fsp3) is 0.611. The Morgan fingerprint density at radius 3 is 2.67 bits per heavy atom. The van der Waals surface area contributed by atoms with Crippen molar-refractivity contribution >= 4 is 27.5 Å². The lowest BCUT2D eigenvalue weighted by Gasteiger charge is -2.30. The Hall–Kier alpha value is -1.22. The molecular formula is C18H24ClFN2O4S. The minimum Gasteiger partial charge on any atom is -0.376 e. The predicted octanol–water partition coefficient (Wildman–Crippen LogP) is 2.32. The molecule has 1 aromatic rings. The average molecular weight is 419 g/mol. The van der Waals surface area contributed by atoms with E-state index in [4.69, 9.17) is 16.3 Å². The average Bonchev–Trinajstić information content (AvgIpc) is 3.17. The van der Waals surface area contributed by atoms with Crippen molar-refractivity contribution in [2.45, 2.75) is 37.5 Å². The van der Waals surface area contributed by atoms with Crippen LogP contribution >= 0.6 is 11.6 Å². The van der Waals surface area contributed by atoms with Gasteiger partial charge in [0.1, 0.15) is 5.82 Å². The van der Waals surface area contributed by atoms with E-state index in [1.807, 2.05) is 0 Å². The minimum absolute atomic E-state index is 0.0180. The summed E-state index contributed by atoms with van der Waals surface area (Å²) in [4.78, 5) is 12.3. The highest BCUT2D eigenvalue weighted by Crippen LogP contribution is 2.26.